The number of nitrogens with one attached hydrogen (secondary N) is 1. The van der Waals surface area contributed by atoms with Crippen LogP contribution in [0.4, 0.5) is 0 Å². The lowest BCUT2D eigenvalue weighted by atomic mass is 10.3. The molecular formula is C11H16N4. The van der Waals surface area contributed by atoms with Crippen LogP contribution in [0, 0.1) is 0 Å². The van der Waals surface area contributed by atoms with Crippen LogP contribution in [0.2, 0.25) is 0 Å². The van der Waals surface area contributed by atoms with Crippen LogP contribution in [0.15, 0.2) is 18.3 Å². The molecule has 4 heteroatoms. The largest absolute Gasteiger partial charge is 0.323 e. The summed E-state index contributed by atoms with van der Waals surface area (Å²) in [6.45, 7) is 5.09. The van der Waals surface area contributed by atoms with Crippen molar-refractivity contribution in [3.8, 4) is 0 Å². The maximum Gasteiger partial charge on any atom is 0.177 e. The molecule has 0 fully saturated rings. The SMILES string of the molecule is CNCc1nc2ncccc2n1C(C)C. The van der Waals surface area contributed by atoms with E-state index in [9.17, 15) is 0 Å². The molecule has 15 heavy (non-hydrogen) atoms. The Labute approximate surface area is 89.3 Å². The van der Waals surface area contributed by atoms with Crippen LogP contribution in [0.3, 0.4) is 0 Å². The van der Waals surface area contributed by atoms with Crippen LogP contribution in [0.25, 0.3) is 11.2 Å². The van der Waals surface area contributed by atoms with E-state index in [-0.39, 0.29) is 0 Å². The average molecular weight is 204 g/mol. The zero-order valence-electron chi connectivity index (χ0n) is 9.36. The van der Waals surface area contributed by atoms with Crippen molar-refractivity contribution < 1.29 is 0 Å². The molecule has 0 spiro atoms. The van der Waals surface area contributed by atoms with Crippen molar-refractivity contribution in [1.82, 2.24) is 19.9 Å². The van der Waals surface area contributed by atoms with Gasteiger partial charge in [0.25, 0.3) is 0 Å². The predicted octanol–water partition coefficient (Wildman–Crippen LogP) is 1.73. The first kappa shape index (κ1) is 10.1. The minimum absolute atomic E-state index is 0.405. The highest BCUT2D eigenvalue weighted by atomic mass is 15.1. The number of aromatic nitrogens is 3. The summed E-state index contributed by atoms with van der Waals surface area (Å²) in [6, 6.07) is 4.42. The Morgan fingerprint density at radius 1 is 1.47 bits per heavy atom. The second-order valence-corrected chi connectivity index (χ2v) is 3.87. The Bertz CT molecular complexity index is 459. The number of hydrogen-bond donors (Lipinski definition) is 1. The second-order valence-electron chi connectivity index (χ2n) is 3.87. The molecule has 2 aromatic heterocycles. The molecule has 80 valence electrons. The smallest absolute Gasteiger partial charge is 0.177 e. The molecule has 0 radical (unpaired) electrons. The maximum absolute atomic E-state index is 4.51. The molecule has 0 bridgehead atoms. The van der Waals surface area contributed by atoms with Crippen molar-refractivity contribution in [1.29, 1.82) is 0 Å². The third kappa shape index (κ3) is 1.72. The van der Waals surface area contributed by atoms with Crippen molar-refractivity contribution in [2.24, 2.45) is 0 Å². The summed E-state index contributed by atoms with van der Waals surface area (Å²) in [6.07, 6.45) is 1.78. The van der Waals surface area contributed by atoms with Gasteiger partial charge in [0.15, 0.2) is 5.65 Å². The van der Waals surface area contributed by atoms with E-state index < -0.39 is 0 Å². The average Bonchev–Trinajstić information content (AvgIpc) is 2.56. The molecule has 2 heterocycles. The van der Waals surface area contributed by atoms with Gasteiger partial charge in [-0.25, -0.2) is 9.97 Å². The Kier molecular flexibility index (Phi) is 2.68. The molecule has 0 aromatic carbocycles. The zero-order chi connectivity index (χ0) is 10.8. The lowest BCUT2D eigenvalue weighted by Crippen LogP contribution is -2.13. The fourth-order valence-electron chi connectivity index (χ4n) is 1.84. The molecule has 0 aliphatic carbocycles. The lowest BCUT2D eigenvalue weighted by Gasteiger charge is -2.12. The Balaban J connectivity index is 2.63. The van der Waals surface area contributed by atoms with Crippen LogP contribution in [-0.4, -0.2) is 21.6 Å². The molecule has 0 amide bonds. The van der Waals surface area contributed by atoms with E-state index in [0.717, 1.165) is 23.5 Å². The number of pyridine rings is 1. The van der Waals surface area contributed by atoms with Crippen molar-refractivity contribution in [3.05, 3.63) is 24.2 Å². The van der Waals surface area contributed by atoms with Gasteiger partial charge in [0.1, 0.15) is 5.82 Å². The van der Waals surface area contributed by atoms with Gasteiger partial charge in [-0.15, -0.1) is 0 Å². The molecule has 0 unspecified atom stereocenters. The molecule has 0 atom stereocenters. The van der Waals surface area contributed by atoms with Gasteiger partial charge in [-0.2, -0.15) is 0 Å². The molecule has 4 nitrogen and oxygen atoms in total. The minimum atomic E-state index is 0.405. The first-order valence-electron chi connectivity index (χ1n) is 5.20. The number of imidazole rings is 1. The van der Waals surface area contributed by atoms with E-state index in [0.29, 0.717) is 6.04 Å². The summed E-state index contributed by atoms with van der Waals surface area (Å²) in [5.74, 6) is 1.04. The molecule has 1 N–H and O–H groups in total. The Morgan fingerprint density at radius 3 is 2.93 bits per heavy atom. The summed E-state index contributed by atoms with van der Waals surface area (Å²) >= 11 is 0. The molecule has 0 saturated carbocycles. The van der Waals surface area contributed by atoms with Crippen LogP contribution < -0.4 is 5.32 Å². The van der Waals surface area contributed by atoms with Gasteiger partial charge in [0.05, 0.1) is 12.1 Å². The van der Waals surface area contributed by atoms with Gasteiger partial charge >= 0.3 is 0 Å². The summed E-state index contributed by atoms with van der Waals surface area (Å²) in [4.78, 5) is 8.78. The van der Waals surface area contributed by atoms with E-state index in [4.69, 9.17) is 0 Å². The van der Waals surface area contributed by atoms with Gasteiger partial charge < -0.3 is 9.88 Å². The van der Waals surface area contributed by atoms with Crippen LogP contribution in [0.5, 0.6) is 0 Å². The lowest BCUT2D eigenvalue weighted by molar-refractivity contribution is 0.570. The van der Waals surface area contributed by atoms with Gasteiger partial charge in [0, 0.05) is 12.2 Å². The second kappa shape index (κ2) is 3.98. The summed E-state index contributed by atoms with van der Waals surface area (Å²) < 4.78 is 2.22. The maximum atomic E-state index is 4.51. The van der Waals surface area contributed by atoms with Gasteiger partial charge in [-0.1, -0.05) is 0 Å². The van der Waals surface area contributed by atoms with Crippen LogP contribution >= 0.6 is 0 Å². The molecule has 0 aliphatic heterocycles. The van der Waals surface area contributed by atoms with Crippen molar-refractivity contribution in [2.45, 2.75) is 26.4 Å². The Morgan fingerprint density at radius 2 is 2.27 bits per heavy atom. The topological polar surface area (TPSA) is 42.7 Å². The fraction of sp³-hybridized carbons (Fsp3) is 0.455. The van der Waals surface area contributed by atoms with E-state index in [1.807, 2.05) is 13.1 Å². The fourth-order valence-corrected chi connectivity index (χ4v) is 1.84. The predicted molar refractivity (Wildman–Crippen MR) is 60.7 cm³/mol. The molecule has 0 aliphatic rings. The highest BCUT2D eigenvalue weighted by Gasteiger charge is 2.12. The van der Waals surface area contributed by atoms with E-state index in [1.54, 1.807) is 6.20 Å². The van der Waals surface area contributed by atoms with E-state index in [2.05, 4.69) is 39.8 Å². The number of hydrogen-bond acceptors (Lipinski definition) is 3. The number of fused-ring (bicyclic) bond motifs is 1. The Hall–Kier alpha value is -1.42. The minimum Gasteiger partial charge on any atom is -0.323 e. The first-order valence-corrected chi connectivity index (χ1v) is 5.20. The zero-order valence-corrected chi connectivity index (χ0v) is 9.36. The van der Waals surface area contributed by atoms with Crippen LogP contribution in [-0.2, 0) is 6.54 Å². The molecular weight excluding hydrogens is 188 g/mol. The van der Waals surface area contributed by atoms with Crippen molar-refractivity contribution in [2.75, 3.05) is 7.05 Å². The summed E-state index contributed by atoms with van der Waals surface area (Å²) in [5.41, 5.74) is 1.94. The molecule has 2 aromatic rings. The quantitative estimate of drug-likeness (QED) is 0.828. The number of rotatable bonds is 3. The van der Waals surface area contributed by atoms with Gasteiger partial charge in [0.2, 0.25) is 0 Å². The molecule has 0 saturated heterocycles. The standard InChI is InChI=1S/C11H16N4/c1-8(2)15-9-5-4-6-13-11(9)14-10(15)7-12-3/h4-6,8,12H,7H2,1-3H3. The first-order chi connectivity index (χ1) is 7.24. The highest BCUT2D eigenvalue weighted by Crippen LogP contribution is 2.18. The van der Waals surface area contributed by atoms with Gasteiger partial charge in [-0.3, -0.25) is 0 Å². The van der Waals surface area contributed by atoms with Crippen LogP contribution in [0.1, 0.15) is 25.7 Å². The van der Waals surface area contributed by atoms with Crippen molar-refractivity contribution in [3.63, 3.8) is 0 Å². The van der Waals surface area contributed by atoms with E-state index >= 15 is 0 Å². The third-order valence-corrected chi connectivity index (χ3v) is 2.39. The summed E-state index contributed by atoms with van der Waals surface area (Å²) in [7, 11) is 1.93. The number of nitrogens with zero attached hydrogens (tertiary/aromatic N) is 3. The normalized spacial score (nSPS) is 11.5. The van der Waals surface area contributed by atoms with E-state index in [1.165, 1.54) is 0 Å². The van der Waals surface area contributed by atoms with Gasteiger partial charge in [-0.05, 0) is 33.0 Å². The van der Waals surface area contributed by atoms with Crippen molar-refractivity contribution >= 4 is 11.2 Å². The molecule has 2 rings (SSSR count). The highest BCUT2D eigenvalue weighted by molar-refractivity contribution is 5.71. The summed E-state index contributed by atoms with van der Waals surface area (Å²) in [5, 5.41) is 3.13. The third-order valence-electron chi connectivity index (χ3n) is 2.39. The monoisotopic (exact) mass is 204 g/mol.